The number of carboxylic acid groups (broad SMARTS) is 1. The average Bonchev–Trinajstić information content (AvgIpc) is 2.86. The van der Waals surface area contributed by atoms with Crippen molar-refractivity contribution in [2.24, 2.45) is 0 Å². The molecule has 132 valence electrons. The smallest absolute Gasteiger partial charge is 0.337 e. The summed E-state index contributed by atoms with van der Waals surface area (Å²) in [5.74, 6) is -3.04. The summed E-state index contributed by atoms with van der Waals surface area (Å²) < 4.78 is 0. The van der Waals surface area contributed by atoms with Crippen LogP contribution in [0.4, 0.5) is 5.69 Å². The molecule has 0 atom stereocenters. The van der Waals surface area contributed by atoms with Crippen molar-refractivity contribution < 1.29 is 29.4 Å². The van der Waals surface area contributed by atoms with Gasteiger partial charge < -0.3 is 15.5 Å². The second-order valence-electron chi connectivity index (χ2n) is 5.64. The fourth-order valence-electron chi connectivity index (χ4n) is 2.69. The van der Waals surface area contributed by atoms with E-state index < -0.39 is 23.7 Å². The van der Waals surface area contributed by atoms with E-state index in [1.54, 1.807) is 24.3 Å². The number of carbonyl (C=O) groups excluding carboxylic acids is 3. The van der Waals surface area contributed by atoms with E-state index in [0.717, 1.165) is 11.0 Å². The van der Waals surface area contributed by atoms with E-state index >= 15 is 0 Å². The lowest BCUT2D eigenvalue weighted by atomic mass is 10.1. The van der Waals surface area contributed by atoms with Crippen LogP contribution in [0.3, 0.4) is 0 Å². The lowest BCUT2D eigenvalue weighted by Crippen LogP contribution is -2.33. The Morgan fingerprint density at radius 2 is 1.62 bits per heavy atom. The van der Waals surface area contributed by atoms with Gasteiger partial charge in [0.15, 0.2) is 0 Å². The highest BCUT2D eigenvalue weighted by molar-refractivity contribution is 6.21. The topological polar surface area (TPSA) is 124 Å². The largest absolute Gasteiger partial charge is 0.508 e. The molecule has 3 amide bonds. The highest BCUT2D eigenvalue weighted by Crippen LogP contribution is 2.23. The molecule has 2 aromatic carbocycles. The third kappa shape index (κ3) is 3.12. The normalized spacial score (nSPS) is 12.8. The van der Waals surface area contributed by atoms with Crippen LogP contribution in [-0.4, -0.2) is 45.3 Å². The Morgan fingerprint density at radius 3 is 2.19 bits per heavy atom. The minimum atomic E-state index is -1.31. The lowest BCUT2D eigenvalue weighted by molar-refractivity contribution is -0.116. The van der Waals surface area contributed by atoms with Gasteiger partial charge in [-0.3, -0.25) is 19.3 Å². The maximum atomic E-state index is 12.2. The molecule has 0 aliphatic carbocycles. The van der Waals surface area contributed by atoms with Crippen LogP contribution in [0.1, 0.15) is 37.5 Å². The monoisotopic (exact) mass is 354 g/mol. The van der Waals surface area contributed by atoms with E-state index in [4.69, 9.17) is 5.11 Å². The van der Waals surface area contributed by atoms with Crippen molar-refractivity contribution in [3.8, 4) is 5.75 Å². The number of phenolic OH excluding ortho intramolecular Hbond substituents is 1. The minimum absolute atomic E-state index is 0.0164. The van der Waals surface area contributed by atoms with Crippen LogP contribution in [0.25, 0.3) is 0 Å². The summed E-state index contributed by atoms with van der Waals surface area (Å²) in [5.41, 5.74) is 0.343. The molecule has 26 heavy (non-hydrogen) atoms. The van der Waals surface area contributed by atoms with Crippen LogP contribution in [0, 0.1) is 0 Å². The molecular weight excluding hydrogens is 340 g/mol. The third-order valence-electron chi connectivity index (χ3n) is 3.95. The van der Waals surface area contributed by atoms with Gasteiger partial charge in [0, 0.05) is 13.0 Å². The predicted octanol–water partition coefficient (Wildman–Crippen LogP) is 1.72. The molecule has 8 heteroatoms. The van der Waals surface area contributed by atoms with E-state index in [2.05, 4.69) is 5.32 Å². The van der Waals surface area contributed by atoms with Gasteiger partial charge in [0.25, 0.3) is 11.8 Å². The fourth-order valence-corrected chi connectivity index (χ4v) is 2.69. The molecule has 3 rings (SSSR count). The van der Waals surface area contributed by atoms with E-state index in [9.17, 15) is 24.3 Å². The van der Waals surface area contributed by atoms with Crippen molar-refractivity contribution in [3.63, 3.8) is 0 Å². The van der Waals surface area contributed by atoms with E-state index in [1.165, 1.54) is 12.1 Å². The lowest BCUT2D eigenvalue weighted by Gasteiger charge is -2.14. The number of amides is 3. The number of anilines is 1. The van der Waals surface area contributed by atoms with Gasteiger partial charge in [-0.2, -0.15) is 0 Å². The second-order valence-corrected chi connectivity index (χ2v) is 5.64. The molecular formula is C18H14N2O6. The van der Waals surface area contributed by atoms with Crippen LogP contribution in [0.15, 0.2) is 42.5 Å². The molecule has 0 fully saturated rings. The quantitative estimate of drug-likeness (QED) is 0.555. The number of benzene rings is 2. The van der Waals surface area contributed by atoms with Gasteiger partial charge in [-0.25, -0.2) is 4.79 Å². The van der Waals surface area contributed by atoms with E-state index in [0.29, 0.717) is 11.1 Å². The van der Waals surface area contributed by atoms with Gasteiger partial charge in [-0.15, -0.1) is 0 Å². The summed E-state index contributed by atoms with van der Waals surface area (Å²) >= 11 is 0. The minimum Gasteiger partial charge on any atom is -0.508 e. The van der Waals surface area contributed by atoms with Gasteiger partial charge >= 0.3 is 5.97 Å². The SMILES string of the molecule is O=C(CCN1C(=O)c2ccccc2C1=O)Nc1ccc(O)cc1C(=O)O. The highest BCUT2D eigenvalue weighted by atomic mass is 16.4. The number of hydrogen-bond acceptors (Lipinski definition) is 5. The molecule has 2 aromatic rings. The first kappa shape index (κ1) is 17.2. The van der Waals surface area contributed by atoms with Crippen molar-refractivity contribution in [2.75, 3.05) is 11.9 Å². The van der Waals surface area contributed by atoms with Crippen LogP contribution in [0.5, 0.6) is 5.75 Å². The number of nitrogens with zero attached hydrogens (tertiary/aromatic N) is 1. The molecule has 1 aliphatic heterocycles. The molecule has 1 aliphatic rings. The molecule has 8 nitrogen and oxygen atoms in total. The van der Waals surface area contributed by atoms with Crippen LogP contribution < -0.4 is 5.32 Å². The molecule has 0 aromatic heterocycles. The Kier molecular flexibility index (Phi) is 4.40. The molecule has 0 saturated carbocycles. The van der Waals surface area contributed by atoms with Crippen LogP contribution in [0.2, 0.25) is 0 Å². The number of fused-ring (bicyclic) bond motifs is 1. The number of carbonyl (C=O) groups is 4. The number of nitrogens with one attached hydrogen (secondary N) is 1. The number of imide groups is 1. The molecule has 1 heterocycles. The second kappa shape index (κ2) is 6.67. The van der Waals surface area contributed by atoms with Crippen molar-refractivity contribution >= 4 is 29.4 Å². The molecule has 0 unspecified atom stereocenters. The van der Waals surface area contributed by atoms with Crippen LogP contribution >= 0.6 is 0 Å². The zero-order valence-corrected chi connectivity index (χ0v) is 13.4. The van der Waals surface area contributed by atoms with Gasteiger partial charge in [0.05, 0.1) is 22.4 Å². The Morgan fingerprint density at radius 1 is 1.00 bits per heavy atom. The van der Waals surface area contributed by atoms with E-state index in [1.807, 2.05) is 0 Å². The summed E-state index contributed by atoms with van der Waals surface area (Å²) in [6, 6.07) is 9.92. The van der Waals surface area contributed by atoms with Gasteiger partial charge in [-0.05, 0) is 30.3 Å². The highest BCUT2D eigenvalue weighted by Gasteiger charge is 2.35. The van der Waals surface area contributed by atoms with Gasteiger partial charge in [-0.1, -0.05) is 12.1 Å². The maximum absolute atomic E-state index is 12.2. The molecule has 0 saturated heterocycles. The Balaban J connectivity index is 1.67. The fraction of sp³-hybridized carbons (Fsp3) is 0.111. The number of rotatable bonds is 5. The summed E-state index contributed by atoms with van der Waals surface area (Å²) in [6.07, 6.45) is -0.189. The van der Waals surface area contributed by atoms with E-state index in [-0.39, 0.29) is 30.0 Å². The first-order valence-electron chi connectivity index (χ1n) is 7.70. The predicted molar refractivity (Wildman–Crippen MR) is 90.1 cm³/mol. The van der Waals surface area contributed by atoms with Crippen molar-refractivity contribution in [1.82, 2.24) is 4.90 Å². The number of phenols is 1. The zero-order chi connectivity index (χ0) is 18.8. The molecule has 0 radical (unpaired) electrons. The third-order valence-corrected chi connectivity index (χ3v) is 3.95. The summed E-state index contributed by atoms with van der Waals surface area (Å²) in [7, 11) is 0. The maximum Gasteiger partial charge on any atom is 0.337 e. The molecule has 0 bridgehead atoms. The first-order valence-corrected chi connectivity index (χ1v) is 7.70. The van der Waals surface area contributed by atoms with Gasteiger partial charge in [0.2, 0.25) is 5.91 Å². The standard InChI is InChI=1S/C18H14N2O6/c21-10-5-6-14(13(9-10)18(25)26)19-15(22)7-8-20-16(23)11-3-1-2-4-12(11)17(20)24/h1-6,9,21H,7-8H2,(H,19,22)(H,25,26). The number of carboxylic acids is 1. The Hall–Kier alpha value is -3.68. The number of hydrogen-bond donors (Lipinski definition) is 3. The Bertz CT molecular complexity index is 902. The van der Waals surface area contributed by atoms with Crippen molar-refractivity contribution in [2.45, 2.75) is 6.42 Å². The number of aromatic hydroxyl groups is 1. The molecule has 0 spiro atoms. The summed E-state index contributed by atoms with van der Waals surface area (Å²) in [4.78, 5) is 48.7. The van der Waals surface area contributed by atoms with Crippen LogP contribution in [-0.2, 0) is 4.79 Å². The van der Waals surface area contributed by atoms with Crippen molar-refractivity contribution in [1.29, 1.82) is 0 Å². The zero-order valence-electron chi connectivity index (χ0n) is 13.4. The summed E-state index contributed by atoms with van der Waals surface area (Å²) in [6.45, 7) is -0.126. The average molecular weight is 354 g/mol. The Labute approximate surface area is 147 Å². The number of aromatic carboxylic acids is 1. The van der Waals surface area contributed by atoms with Crippen molar-refractivity contribution in [3.05, 3.63) is 59.2 Å². The van der Waals surface area contributed by atoms with Gasteiger partial charge in [0.1, 0.15) is 5.75 Å². The first-order chi connectivity index (χ1) is 12.4. The summed E-state index contributed by atoms with van der Waals surface area (Å²) in [5, 5.41) is 20.9. The molecule has 3 N–H and O–H groups in total.